The maximum Gasteiger partial charge on any atom is 0.240 e. The van der Waals surface area contributed by atoms with Crippen LogP contribution < -0.4 is 5.73 Å². The van der Waals surface area contributed by atoms with Gasteiger partial charge in [-0.2, -0.15) is 0 Å². The minimum absolute atomic E-state index is 0.164. The molecule has 5 heteroatoms. The van der Waals surface area contributed by atoms with Crippen molar-refractivity contribution in [3.05, 3.63) is 0 Å². The Balaban J connectivity index is 1.93. The van der Waals surface area contributed by atoms with Gasteiger partial charge in [0, 0.05) is 0 Å². The largest absolute Gasteiger partial charge is 0.368 e. The second-order valence-corrected chi connectivity index (χ2v) is 5.51. The van der Waals surface area contributed by atoms with Gasteiger partial charge >= 0.3 is 0 Å². The van der Waals surface area contributed by atoms with Gasteiger partial charge in [0.1, 0.15) is 6.04 Å². The number of nitrogens with zero attached hydrogens (tertiary/aromatic N) is 1. The van der Waals surface area contributed by atoms with Gasteiger partial charge in [0.2, 0.25) is 17.7 Å². The average molecular weight is 236 g/mol. The molecule has 0 aromatic rings. The highest BCUT2D eigenvalue weighted by atomic mass is 16.2. The normalized spacial score (nSPS) is 40.9. The SMILES string of the molecule is C[C@@H](C(N)=O)N1C(=O)[C@@H]2[C@@H]3CC[C@@H](C3)[C@@H]2C1=O. The van der Waals surface area contributed by atoms with Gasteiger partial charge in [-0.1, -0.05) is 0 Å². The lowest BCUT2D eigenvalue weighted by molar-refractivity contribution is -0.147. The van der Waals surface area contributed by atoms with Crippen LogP contribution in [0.25, 0.3) is 0 Å². The van der Waals surface area contributed by atoms with E-state index in [4.69, 9.17) is 5.73 Å². The lowest BCUT2D eigenvalue weighted by atomic mass is 9.81. The first-order valence-corrected chi connectivity index (χ1v) is 6.18. The molecule has 5 atom stereocenters. The standard InChI is InChI=1S/C12H16N2O3/c1-5(10(13)15)14-11(16)8-6-2-3-7(4-6)9(8)12(14)17/h5-9H,2-4H2,1H3,(H2,13,15)/t5-,6-,7+,8-,9+/m0/s1. The lowest BCUT2D eigenvalue weighted by Crippen LogP contribution is -2.47. The van der Waals surface area contributed by atoms with E-state index in [-0.39, 0.29) is 23.7 Å². The molecule has 2 N–H and O–H groups in total. The van der Waals surface area contributed by atoms with Crippen molar-refractivity contribution in [2.45, 2.75) is 32.2 Å². The number of primary amides is 1. The van der Waals surface area contributed by atoms with E-state index >= 15 is 0 Å². The van der Waals surface area contributed by atoms with Crippen LogP contribution in [0.1, 0.15) is 26.2 Å². The Labute approximate surface area is 99.3 Å². The summed E-state index contributed by atoms with van der Waals surface area (Å²) in [7, 11) is 0. The number of amides is 3. The van der Waals surface area contributed by atoms with E-state index in [1.807, 2.05) is 0 Å². The second kappa shape index (κ2) is 3.31. The molecule has 5 nitrogen and oxygen atoms in total. The highest BCUT2D eigenvalue weighted by Gasteiger charge is 2.61. The van der Waals surface area contributed by atoms with Gasteiger partial charge in [-0.05, 0) is 38.0 Å². The van der Waals surface area contributed by atoms with E-state index < -0.39 is 11.9 Å². The van der Waals surface area contributed by atoms with Crippen molar-refractivity contribution in [1.29, 1.82) is 0 Å². The predicted octanol–water partition coefficient (Wildman–Crippen LogP) is -0.109. The number of rotatable bonds is 2. The Morgan fingerprint density at radius 2 is 1.71 bits per heavy atom. The van der Waals surface area contributed by atoms with Crippen molar-refractivity contribution in [2.24, 2.45) is 29.4 Å². The van der Waals surface area contributed by atoms with Crippen molar-refractivity contribution in [3.63, 3.8) is 0 Å². The molecular formula is C12H16N2O3. The lowest BCUT2D eigenvalue weighted by Gasteiger charge is -2.21. The molecule has 2 aliphatic carbocycles. The van der Waals surface area contributed by atoms with Crippen molar-refractivity contribution in [2.75, 3.05) is 0 Å². The number of likely N-dealkylation sites (tertiary alicyclic amines) is 1. The molecule has 1 saturated heterocycles. The van der Waals surface area contributed by atoms with E-state index in [1.165, 1.54) is 6.92 Å². The fraction of sp³-hybridized carbons (Fsp3) is 0.750. The molecule has 0 aromatic heterocycles. The summed E-state index contributed by atoms with van der Waals surface area (Å²) in [6, 6.07) is -0.806. The third-order valence-corrected chi connectivity index (χ3v) is 4.76. The quantitative estimate of drug-likeness (QED) is 0.679. The minimum Gasteiger partial charge on any atom is -0.368 e. The van der Waals surface area contributed by atoms with Crippen LogP contribution in [-0.4, -0.2) is 28.7 Å². The van der Waals surface area contributed by atoms with Gasteiger partial charge in [-0.15, -0.1) is 0 Å². The van der Waals surface area contributed by atoms with Crippen LogP contribution in [0.3, 0.4) is 0 Å². The first kappa shape index (κ1) is 10.7. The van der Waals surface area contributed by atoms with Gasteiger partial charge in [-0.3, -0.25) is 19.3 Å². The molecule has 0 spiro atoms. The zero-order valence-corrected chi connectivity index (χ0v) is 9.76. The number of carbonyl (C=O) groups is 3. The van der Waals surface area contributed by atoms with Gasteiger partial charge in [0.25, 0.3) is 0 Å². The van der Waals surface area contributed by atoms with Crippen molar-refractivity contribution >= 4 is 17.7 Å². The minimum atomic E-state index is -0.806. The van der Waals surface area contributed by atoms with Crippen LogP contribution in [0.2, 0.25) is 0 Å². The number of hydrogen-bond donors (Lipinski definition) is 1. The molecular weight excluding hydrogens is 220 g/mol. The van der Waals surface area contributed by atoms with Crippen LogP contribution >= 0.6 is 0 Å². The molecule has 3 fully saturated rings. The summed E-state index contributed by atoms with van der Waals surface area (Å²) in [6.45, 7) is 1.53. The van der Waals surface area contributed by atoms with Gasteiger partial charge in [-0.25, -0.2) is 0 Å². The van der Waals surface area contributed by atoms with Crippen molar-refractivity contribution in [3.8, 4) is 0 Å². The van der Waals surface area contributed by atoms with Crippen molar-refractivity contribution < 1.29 is 14.4 Å². The molecule has 3 amide bonds. The third kappa shape index (κ3) is 1.22. The zero-order valence-electron chi connectivity index (χ0n) is 9.76. The summed E-state index contributed by atoms with van der Waals surface area (Å²) in [5, 5.41) is 0. The zero-order chi connectivity index (χ0) is 12.3. The summed E-state index contributed by atoms with van der Waals surface area (Å²) in [4.78, 5) is 36.7. The molecule has 1 heterocycles. The van der Waals surface area contributed by atoms with Crippen LogP contribution in [-0.2, 0) is 14.4 Å². The van der Waals surface area contributed by atoms with Gasteiger partial charge < -0.3 is 5.73 Å². The monoisotopic (exact) mass is 236 g/mol. The summed E-state index contributed by atoms with van der Waals surface area (Å²) in [6.07, 6.45) is 3.10. The summed E-state index contributed by atoms with van der Waals surface area (Å²) in [5.74, 6) is -0.569. The number of carbonyl (C=O) groups excluding carboxylic acids is 3. The van der Waals surface area contributed by atoms with E-state index in [2.05, 4.69) is 0 Å². The molecule has 2 bridgehead atoms. The molecule has 0 aromatic carbocycles. The maximum absolute atomic E-state index is 12.2. The topological polar surface area (TPSA) is 80.5 Å². The molecule has 3 aliphatic rings. The van der Waals surface area contributed by atoms with Crippen LogP contribution in [0.4, 0.5) is 0 Å². The Bertz CT molecular complexity index is 392. The van der Waals surface area contributed by atoms with E-state index in [9.17, 15) is 14.4 Å². The highest BCUT2D eigenvalue weighted by molar-refractivity contribution is 6.08. The highest BCUT2D eigenvalue weighted by Crippen LogP contribution is 2.56. The summed E-state index contributed by atoms with van der Waals surface area (Å²) < 4.78 is 0. The number of fused-ring (bicyclic) bond motifs is 5. The fourth-order valence-corrected chi connectivity index (χ4v) is 3.94. The summed E-state index contributed by atoms with van der Waals surface area (Å²) in [5.41, 5.74) is 5.19. The Kier molecular flexibility index (Phi) is 2.09. The summed E-state index contributed by atoms with van der Waals surface area (Å²) >= 11 is 0. The van der Waals surface area contributed by atoms with Gasteiger partial charge in [0.15, 0.2) is 0 Å². The number of imide groups is 1. The Morgan fingerprint density at radius 3 is 2.12 bits per heavy atom. The third-order valence-electron chi connectivity index (χ3n) is 4.76. The van der Waals surface area contributed by atoms with E-state index in [0.717, 1.165) is 24.2 Å². The molecule has 0 radical (unpaired) electrons. The van der Waals surface area contributed by atoms with E-state index in [0.29, 0.717) is 11.8 Å². The molecule has 3 rings (SSSR count). The molecule has 17 heavy (non-hydrogen) atoms. The van der Waals surface area contributed by atoms with Crippen LogP contribution in [0.5, 0.6) is 0 Å². The maximum atomic E-state index is 12.2. The Hall–Kier alpha value is -1.39. The smallest absolute Gasteiger partial charge is 0.240 e. The number of hydrogen-bond acceptors (Lipinski definition) is 3. The van der Waals surface area contributed by atoms with Gasteiger partial charge in [0.05, 0.1) is 11.8 Å². The van der Waals surface area contributed by atoms with Crippen molar-refractivity contribution in [1.82, 2.24) is 4.90 Å². The predicted molar refractivity (Wildman–Crippen MR) is 58.3 cm³/mol. The van der Waals surface area contributed by atoms with Crippen LogP contribution in [0, 0.1) is 23.7 Å². The second-order valence-electron chi connectivity index (χ2n) is 5.51. The number of nitrogens with two attached hydrogens (primary N) is 1. The Morgan fingerprint density at radius 1 is 1.24 bits per heavy atom. The molecule has 92 valence electrons. The first-order chi connectivity index (χ1) is 8.02. The van der Waals surface area contributed by atoms with Crippen LogP contribution in [0.15, 0.2) is 0 Å². The molecule has 0 unspecified atom stereocenters. The fourth-order valence-electron chi connectivity index (χ4n) is 3.94. The first-order valence-electron chi connectivity index (χ1n) is 6.18. The molecule has 2 saturated carbocycles. The molecule has 1 aliphatic heterocycles. The average Bonchev–Trinajstić information content (AvgIpc) is 2.92. The van der Waals surface area contributed by atoms with E-state index in [1.54, 1.807) is 0 Å².